The summed E-state index contributed by atoms with van der Waals surface area (Å²) in [6, 6.07) is 2.16. The van der Waals surface area contributed by atoms with Crippen LogP contribution in [0.3, 0.4) is 0 Å². The van der Waals surface area contributed by atoms with E-state index < -0.39 is 0 Å². The van der Waals surface area contributed by atoms with Gasteiger partial charge in [0.2, 0.25) is 0 Å². The Labute approximate surface area is 174 Å². The predicted octanol–water partition coefficient (Wildman–Crippen LogP) is 4.86. The fourth-order valence-corrected chi connectivity index (χ4v) is 5.08. The van der Waals surface area contributed by atoms with Crippen LogP contribution in [-0.4, -0.2) is 45.9 Å². The first-order valence-electron chi connectivity index (χ1n) is 9.89. The lowest BCUT2D eigenvalue weighted by atomic mass is 9.98. The third kappa shape index (κ3) is 3.40. The zero-order chi connectivity index (χ0) is 19.8. The number of hydrogen-bond acceptors (Lipinski definition) is 6. The van der Waals surface area contributed by atoms with E-state index in [0.29, 0.717) is 10.3 Å². The molecule has 0 unspecified atom stereocenters. The van der Waals surface area contributed by atoms with Crippen LogP contribution in [0, 0.1) is 13.8 Å². The highest BCUT2D eigenvalue weighted by Gasteiger charge is 2.25. The highest BCUT2D eigenvalue weighted by molar-refractivity contribution is 7.20. The average Bonchev–Trinajstić information content (AvgIpc) is 3.22. The highest BCUT2D eigenvalue weighted by atomic mass is 35.5. The molecule has 1 fully saturated rings. The summed E-state index contributed by atoms with van der Waals surface area (Å²) in [6.07, 6.45) is 2.14. The number of morpholine rings is 1. The Hall–Kier alpha value is -1.70. The van der Waals surface area contributed by atoms with Crippen LogP contribution in [0.5, 0.6) is 0 Å². The topological polar surface area (TPSA) is 55.5 Å². The molecule has 0 aliphatic carbocycles. The Morgan fingerprint density at radius 1 is 1.18 bits per heavy atom. The van der Waals surface area contributed by atoms with Crippen LogP contribution in [0.4, 0.5) is 5.13 Å². The summed E-state index contributed by atoms with van der Waals surface area (Å²) in [4.78, 5) is 12.0. The second kappa shape index (κ2) is 7.97. The predicted molar refractivity (Wildman–Crippen MR) is 115 cm³/mol. The number of hydrogen-bond donors (Lipinski definition) is 0. The SMILES string of the molecule is CCC(CC)c1cc(C)nc2c(-c3nc(N4CCOCC4)sc3Cl)c(C)nn12. The Morgan fingerprint density at radius 2 is 1.89 bits per heavy atom. The van der Waals surface area contributed by atoms with Crippen molar-refractivity contribution in [1.29, 1.82) is 0 Å². The molecule has 6 nitrogen and oxygen atoms in total. The zero-order valence-corrected chi connectivity index (χ0v) is 18.4. The van der Waals surface area contributed by atoms with Crippen molar-refractivity contribution in [2.24, 2.45) is 0 Å². The molecule has 1 aliphatic heterocycles. The molecule has 8 heteroatoms. The normalized spacial score (nSPS) is 15.1. The van der Waals surface area contributed by atoms with Gasteiger partial charge in [-0.3, -0.25) is 0 Å². The van der Waals surface area contributed by atoms with Crippen LogP contribution >= 0.6 is 22.9 Å². The fourth-order valence-electron chi connectivity index (χ4n) is 3.88. The Balaban J connectivity index is 1.85. The number of aryl methyl sites for hydroxylation is 2. The number of rotatable bonds is 5. The van der Waals surface area contributed by atoms with Crippen molar-refractivity contribution >= 4 is 33.7 Å². The fraction of sp³-hybridized carbons (Fsp3) is 0.550. The summed E-state index contributed by atoms with van der Waals surface area (Å²) in [6.45, 7) is 11.6. The summed E-state index contributed by atoms with van der Waals surface area (Å²) in [5.74, 6) is 0.450. The second-order valence-electron chi connectivity index (χ2n) is 7.25. The van der Waals surface area contributed by atoms with Gasteiger partial charge in [0.15, 0.2) is 10.8 Å². The minimum atomic E-state index is 0.450. The molecule has 3 aromatic rings. The maximum Gasteiger partial charge on any atom is 0.187 e. The maximum atomic E-state index is 6.66. The molecule has 3 aromatic heterocycles. The quantitative estimate of drug-likeness (QED) is 0.590. The molecule has 0 N–H and O–H groups in total. The molecule has 4 rings (SSSR count). The van der Waals surface area contributed by atoms with E-state index in [9.17, 15) is 0 Å². The van der Waals surface area contributed by atoms with Gasteiger partial charge in [0.05, 0.1) is 24.5 Å². The third-order valence-electron chi connectivity index (χ3n) is 5.42. The highest BCUT2D eigenvalue weighted by Crippen LogP contribution is 2.40. The zero-order valence-electron chi connectivity index (χ0n) is 16.8. The van der Waals surface area contributed by atoms with Crippen molar-refractivity contribution in [2.75, 3.05) is 31.2 Å². The number of ether oxygens (including phenoxy) is 1. The van der Waals surface area contributed by atoms with Gasteiger partial charge in [-0.2, -0.15) is 5.10 Å². The Morgan fingerprint density at radius 3 is 2.57 bits per heavy atom. The van der Waals surface area contributed by atoms with E-state index in [1.54, 1.807) is 0 Å². The van der Waals surface area contributed by atoms with Crippen LogP contribution < -0.4 is 4.90 Å². The van der Waals surface area contributed by atoms with Gasteiger partial charge in [-0.25, -0.2) is 14.5 Å². The van der Waals surface area contributed by atoms with E-state index in [4.69, 9.17) is 31.4 Å². The van der Waals surface area contributed by atoms with E-state index in [2.05, 4.69) is 24.8 Å². The van der Waals surface area contributed by atoms with Crippen molar-refractivity contribution in [3.05, 3.63) is 27.5 Å². The summed E-state index contributed by atoms with van der Waals surface area (Å²) < 4.78 is 8.14. The number of anilines is 1. The lowest BCUT2D eigenvalue weighted by molar-refractivity contribution is 0.122. The molecule has 0 spiro atoms. The minimum Gasteiger partial charge on any atom is -0.378 e. The average molecular weight is 420 g/mol. The molecule has 1 saturated heterocycles. The molecule has 150 valence electrons. The number of thiazole rings is 1. The Kier molecular flexibility index (Phi) is 5.58. The smallest absolute Gasteiger partial charge is 0.187 e. The molecule has 1 aliphatic rings. The van der Waals surface area contributed by atoms with E-state index in [1.807, 2.05) is 18.4 Å². The lowest BCUT2D eigenvalue weighted by Crippen LogP contribution is -2.36. The molecular formula is C20H26ClN5OS. The number of fused-ring (bicyclic) bond motifs is 1. The molecular weight excluding hydrogens is 394 g/mol. The van der Waals surface area contributed by atoms with Crippen molar-refractivity contribution < 1.29 is 4.74 Å². The van der Waals surface area contributed by atoms with Gasteiger partial charge < -0.3 is 9.64 Å². The van der Waals surface area contributed by atoms with E-state index >= 15 is 0 Å². The van der Waals surface area contributed by atoms with E-state index in [-0.39, 0.29) is 0 Å². The van der Waals surface area contributed by atoms with Crippen LogP contribution in [-0.2, 0) is 4.74 Å². The summed E-state index contributed by atoms with van der Waals surface area (Å²) in [5.41, 5.74) is 5.69. The third-order valence-corrected chi connectivity index (χ3v) is 6.73. The standard InChI is InChI=1S/C20H26ClN5OS/c1-5-14(6-2)15-11-12(3)22-19-16(13(4)24-26(15)19)17-18(21)28-20(23-17)25-7-9-27-10-8-25/h11,14H,5-10H2,1-4H3. The van der Waals surface area contributed by atoms with Crippen molar-refractivity contribution in [2.45, 2.75) is 46.5 Å². The molecule has 0 atom stereocenters. The molecule has 0 bridgehead atoms. The van der Waals surface area contributed by atoms with Crippen LogP contribution in [0.1, 0.15) is 49.7 Å². The number of halogens is 1. The van der Waals surface area contributed by atoms with Gasteiger partial charge in [0.25, 0.3) is 0 Å². The summed E-state index contributed by atoms with van der Waals surface area (Å²) >= 11 is 8.18. The largest absolute Gasteiger partial charge is 0.378 e. The monoisotopic (exact) mass is 419 g/mol. The minimum absolute atomic E-state index is 0.450. The van der Waals surface area contributed by atoms with Crippen molar-refractivity contribution in [3.8, 4) is 11.3 Å². The number of aromatic nitrogens is 4. The first-order valence-corrected chi connectivity index (χ1v) is 11.1. The Bertz CT molecular complexity index is 988. The van der Waals surface area contributed by atoms with Crippen molar-refractivity contribution in [1.82, 2.24) is 19.6 Å². The molecule has 0 saturated carbocycles. The lowest BCUT2D eigenvalue weighted by Gasteiger charge is -2.25. The van der Waals surface area contributed by atoms with Crippen LogP contribution in [0.15, 0.2) is 6.07 Å². The van der Waals surface area contributed by atoms with E-state index in [0.717, 1.165) is 72.6 Å². The second-order valence-corrected chi connectivity index (χ2v) is 8.83. The first kappa shape index (κ1) is 19.6. The van der Waals surface area contributed by atoms with Gasteiger partial charge in [-0.05, 0) is 32.8 Å². The maximum absolute atomic E-state index is 6.66. The van der Waals surface area contributed by atoms with Crippen LogP contribution in [0.25, 0.3) is 16.9 Å². The van der Waals surface area contributed by atoms with Crippen LogP contribution in [0.2, 0.25) is 4.34 Å². The first-order chi connectivity index (χ1) is 13.5. The molecule has 0 amide bonds. The van der Waals surface area contributed by atoms with Crippen molar-refractivity contribution in [3.63, 3.8) is 0 Å². The molecule has 28 heavy (non-hydrogen) atoms. The molecule has 4 heterocycles. The number of nitrogens with zero attached hydrogens (tertiary/aromatic N) is 5. The summed E-state index contributed by atoms with van der Waals surface area (Å²) in [5, 5.41) is 5.78. The van der Waals surface area contributed by atoms with E-state index in [1.165, 1.54) is 17.0 Å². The van der Waals surface area contributed by atoms with Gasteiger partial charge >= 0.3 is 0 Å². The molecule has 0 aromatic carbocycles. The van der Waals surface area contributed by atoms with Gasteiger partial charge in [-0.15, -0.1) is 0 Å². The van der Waals surface area contributed by atoms with Gasteiger partial charge in [0.1, 0.15) is 10.0 Å². The summed E-state index contributed by atoms with van der Waals surface area (Å²) in [7, 11) is 0. The molecule has 0 radical (unpaired) electrons. The van der Waals surface area contributed by atoms with Gasteiger partial charge in [0, 0.05) is 30.4 Å². The van der Waals surface area contributed by atoms with Gasteiger partial charge in [-0.1, -0.05) is 36.8 Å².